The summed E-state index contributed by atoms with van der Waals surface area (Å²) in [6, 6.07) is 4.25. The molecule has 2 heterocycles. The molecule has 6 heteroatoms. The van der Waals surface area contributed by atoms with E-state index in [0.29, 0.717) is 12.3 Å². The molecule has 1 aromatic carbocycles. The molecule has 1 saturated heterocycles. The van der Waals surface area contributed by atoms with E-state index in [4.69, 9.17) is 10.5 Å². The Morgan fingerprint density at radius 3 is 2.94 bits per heavy atom. The number of rotatable bonds is 2. The van der Waals surface area contributed by atoms with Crippen molar-refractivity contribution in [2.45, 2.75) is 5.92 Å². The van der Waals surface area contributed by atoms with Gasteiger partial charge in [-0.3, -0.25) is 0 Å². The Morgan fingerprint density at radius 1 is 1.50 bits per heavy atom. The minimum Gasteiger partial charge on any atom is -0.398 e. The Hall–Kier alpha value is -0.390. The van der Waals surface area contributed by atoms with E-state index in [1.807, 2.05) is 10.6 Å². The molecule has 0 bridgehead atoms. The monoisotopic (exact) mass is 347 g/mol. The van der Waals surface area contributed by atoms with E-state index in [1.165, 1.54) is 5.56 Å². The number of nitrogens with two attached hydrogens (primary N) is 1. The van der Waals surface area contributed by atoms with Crippen molar-refractivity contribution in [1.29, 1.82) is 0 Å². The van der Waals surface area contributed by atoms with Gasteiger partial charge in [0.05, 0.1) is 31.3 Å². The van der Waals surface area contributed by atoms with Crippen LogP contribution >= 0.6 is 28.4 Å². The first kappa shape index (κ1) is 10.7. The maximum atomic E-state index is 6.05. The van der Waals surface area contributed by atoms with E-state index < -0.39 is 0 Å². The predicted octanol–water partition coefficient (Wildman–Crippen LogP) is 2.52. The van der Waals surface area contributed by atoms with Gasteiger partial charge in [-0.1, -0.05) is 0 Å². The summed E-state index contributed by atoms with van der Waals surface area (Å²) in [6.45, 7) is 1.62. The second-order valence-electron chi connectivity index (χ2n) is 3.92. The highest BCUT2D eigenvalue weighted by Crippen LogP contribution is 2.34. The third kappa shape index (κ3) is 1.61. The van der Waals surface area contributed by atoms with Crippen LogP contribution in [-0.2, 0) is 4.74 Å². The number of nitrogen functional groups attached to an aromatic ring is 1. The number of hydrogen-bond donors (Lipinski definition) is 1. The Labute approximate surface area is 108 Å². The van der Waals surface area contributed by atoms with Crippen molar-refractivity contribution in [3.05, 3.63) is 23.9 Å². The van der Waals surface area contributed by atoms with Crippen LogP contribution in [0.3, 0.4) is 0 Å². The van der Waals surface area contributed by atoms with Gasteiger partial charge in [-0.05, 0) is 39.7 Å². The molecule has 0 aliphatic carbocycles. The van der Waals surface area contributed by atoms with Gasteiger partial charge in [0, 0.05) is 17.0 Å². The number of ether oxygens (including phenoxy) is 1. The van der Waals surface area contributed by atoms with Crippen molar-refractivity contribution in [1.82, 2.24) is 9.55 Å². The molecule has 1 fully saturated rings. The van der Waals surface area contributed by atoms with Crippen LogP contribution in [0.4, 0.5) is 5.69 Å². The zero-order valence-electron chi connectivity index (χ0n) is 8.48. The largest absolute Gasteiger partial charge is 0.398 e. The molecule has 0 amide bonds. The highest BCUT2D eigenvalue weighted by molar-refractivity contribution is 14.2. The fourth-order valence-corrected chi connectivity index (χ4v) is 3.44. The van der Waals surface area contributed by atoms with Gasteiger partial charge in [-0.15, -0.1) is 0 Å². The molecule has 16 heavy (non-hydrogen) atoms. The number of benzene rings is 1. The summed E-state index contributed by atoms with van der Waals surface area (Å²) < 4.78 is 7.21. The summed E-state index contributed by atoms with van der Waals surface area (Å²) in [5, 5.41) is 5.38. The summed E-state index contributed by atoms with van der Waals surface area (Å²) in [7, 11) is 0. The van der Waals surface area contributed by atoms with Gasteiger partial charge in [0.15, 0.2) is 0 Å². The van der Waals surface area contributed by atoms with Crippen LogP contribution in [0.1, 0.15) is 11.5 Å². The van der Waals surface area contributed by atoms with E-state index in [2.05, 4.69) is 39.3 Å². The van der Waals surface area contributed by atoms with Crippen molar-refractivity contribution in [3.63, 3.8) is 0 Å². The SMILES string of the molecule is Nc1cc(C2COC2)cc2c1cnn2PI. The summed E-state index contributed by atoms with van der Waals surface area (Å²) in [5.41, 5.74) is 9.27. The summed E-state index contributed by atoms with van der Waals surface area (Å²) >= 11 is 2.32. The number of anilines is 1. The second kappa shape index (κ2) is 4.13. The Bertz CT molecular complexity index is 538. The first-order valence-electron chi connectivity index (χ1n) is 5.01. The van der Waals surface area contributed by atoms with Crippen LogP contribution in [0.5, 0.6) is 0 Å². The van der Waals surface area contributed by atoms with Crippen LogP contribution in [0.15, 0.2) is 18.3 Å². The van der Waals surface area contributed by atoms with Crippen LogP contribution in [-0.4, -0.2) is 22.8 Å². The average Bonchev–Trinajstić information content (AvgIpc) is 2.58. The topological polar surface area (TPSA) is 53.1 Å². The summed E-state index contributed by atoms with van der Waals surface area (Å²) in [5.74, 6) is 0.507. The van der Waals surface area contributed by atoms with E-state index in [9.17, 15) is 0 Å². The predicted molar refractivity (Wildman–Crippen MR) is 75.4 cm³/mol. The van der Waals surface area contributed by atoms with Crippen LogP contribution in [0.25, 0.3) is 10.9 Å². The lowest BCUT2D eigenvalue weighted by atomic mass is 9.96. The van der Waals surface area contributed by atoms with Gasteiger partial charge in [0.25, 0.3) is 0 Å². The first-order chi connectivity index (χ1) is 7.79. The third-order valence-electron chi connectivity index (χ3n) is 2.93. The number of aromatic nitrogens is 2. The Kier molecular flexibility index (Phi) is 2.77. The lowest BCUT2D eigenvalue weighted by Crippen LogP contribution is -2.25. The van der Waals surface area contributed by atoms with Crippen LogP contribution < -0.4 is 5.73 Å². The number of hydrogen-bond acceptors (Lipinski definition) is 3. The van der Waals surface area contributed by atoms with Crippen molar-refractivity contribution in [2.75, 3.05) is 18.9 Å². The fraction of sp³-hybridized carbons (Fsp3) is 0.300. The van der Waals surface area contributed by atoms with Crippen molar-refractivity contribution >= 4 is 45.0 Å². The van der Waals surface area contributed by atoms with Crippen LogP contribution in [0, 0.1) is 0 Å². The first-order valence-corrected chi connectivity index (χ1v) is 9.07. The van der Waals surface area contributed by atoms with E-state index in [1.54, 1.807) is 0 Å². The quantitative estimate of drug-likeness (QED) is 0.516. The van der Waals surface area contributed by atoms with Gasteiger partial charge in [-0.25, -0.2) is 4.45 Å². The normalized spacial score (nSPS) is 17.3. The zero-order chi connectivity index (χ0) is 11.1. The number of nitrogens with zero attached hydrogens (tertiary/aromatic N) is 2. The highest BCUT2D eigenvalue weighted by atomic mass is 127. The minimum atomic E-state index is 0.507. The lowest BCUT2D eigenvalue weighted by Gasteiger charge is -2.26. The molecule has 3 rings (SSSR count). The fourth-order valence-electron chi connectivity index (χ4n) is 1.91. The molecule has 4 nitrogen and oxygen atoms in total. The van der Waals surface area contributed by atoms with E-state index in [0.717, 1.165) is 29.8 Å². The van der Waals surface area contributed by atoms with Crippen molar-refractivity contribution in [2.24, 2.45) is 0 Å². The highest BCUT2D eigenvalue weighted by Gasteiger charge is 2.22. The van der Waals surface area contributed by atoms with Gasteiger partial charge >= 0.3 is 0 Å². The average molecular weight is 347 g/mol. The number of halogens is 1. The molecule has 1 atom stereocenters. The zero-order valence-corrected chi connectivity index (χ0v) is 11.6. The second-order valence-corrected chi connectivity index (χ2v) is 5.96. The molecule has 0 spiro atoms. The molecule has 1 unspecified atom stereocenters. The third-order valence-corrected chi connectivity index (χ3v) is 4.82. The molecular formula is C10H11IN3OP. The van der Waals surface area contributed by atoms with Gasteiger partial charge in [-0.2, -0.15) is 5.10 Å². The maximum absolute atomic E-state index is 6.05. The maximum Gasteiger partial charge on any atom is 0.0753 e. The van der Waals surface area contributed by atoms with E-state index in [-0.39, 0.29) is 0 Å². The van der Waals surface area contributed by atoms with Gasteiger partial charge < -0.3 is 10.5 Å². The van der Waals surface area contributed by atoms with Crippen LogP contribution in [0.2, 0.25) is 0 Å². The molecule has 1 aliphatic rings. The summed E-state index contributed by atoms with van der Waals surface area (Å²) in [6.07, 6.45) is 2.45. The molecule has 0 radical (unpaired) electrons. The smallest absolute Gasteiger partial charge is 0.0753 e. The van der Waals surface area contributed by atoms with Crippen molar-refractivity contribution in [3.8, 4) is 0 Å². The molecule has 84 valence electrons. The molecule has 1 aromatic heterocycles. The molecule has 1 aliphatic heterocycles. The lowest BCUT2D eigenvalue weighted by molar-refractivity contribution is 0.00849. The molecule has 2 aromatic rings. The van der Waals surface area contributed by atoms with E-state index >= 15 is 0 Å². The van der Waals surface area contributed by atoms with Crippen molar-refractivity contribution < 1.29 is 4.74 Å². The van der Waals surface area contributed by atoms with Gasteiger partial charge in [0.1, 0.15) is 0 Å². The Morgan fingerprint density at radius 2 is 2.31 bits per heavy atom. The van der Waals surface area contributed by atoms with Gasteiger partial charge in [0.2, 0.25) is 0 Å². The standard InChI is InChI=1S/C10H11IN3OP/c11-16-14-10-2-6(7-4-15-5-7)1-9(12)8(10)3-13-14/h1-3,7,16H,4-5,12H2. The molecule has 2 N–H and O–H groups in total. The summed E-state index contributed by atoms with van der Waals surface area (Å²) in [4.78, 5) is 0. The Balaban J connectivity index is 2.17. The molecular weight excluding hydrogens is 336 g/mol. The minimum absolute atomic E-state index is 0.507. The number of fused-ring (bicyclic) bond motifs is 1. The molecule has 0 saturated carbocycles.